The van der Waals surface area contributed by atoms with E-state index in [0.717, 1.165) is 32.8 Å². The number of halogens is 1. The predicted octanol–water partition coefficient (Wildman–Crippen LogP) is 4.11. The highest BCUT2D eigenvalue weighted by molar-refractivity contribution is 9.10. The number of nitrogen functional groups attached to an aromatic ring is 1. The first kappa shape index (κ1) is 14.7. The van der Waals surface area contributed by atoms with E-state index < -0.39 is 0 Å². The van der Waals surface area contributed by atoms with Crippen LogP contribution in [0, 0.1) is 13.8 Å². The molecule has 2 N–H and O–H groups in total. The Balaban J connectivity index is 1.84. The number of aryl methyl sites for hydroxylation is 2. The van der Waals surface area contributed by atoms with Gasteiger partial charge in [0.1, 0.15) is 24.7 Å². The zero-order valence-electron chi connectivity index (χ0n) is 11.7. The van der Waals surface area contributed by atoms with Gasteiger partial charge in [0.25, 0.3) is 0 Å². The third-order valence-electron chi connectivity index (χ3n) is 2.99. The Kier molecular flexibility index (Phi) is 4.90. The summed E-state index contributed by atoms with van der Waals surface area (Å²) in [5, 5.41) is 0. The summed E-state index contributed by atoms with van der Waals surface area (Å²) < 4.78 is 12.3. The molecule has 2 aromatic carbocycles. The van der Waals surface area contributed by atoms with Gasteiger partial charge in [0.2, 0.25) is 0 Å². The highest BCUT2D eigenvalue weighted by atomic mass is 79.9. The van der Waals surface area contributed by atoms with Gasteiger partial charge in [-0.25, -0.2) is 0 Å². The Bertz CT molecular complexity index is 582. The van der Waals surface area contributed by atoms with Crippen molar-refractivity contribution in [3.8, 4) is 11.5 Å². The molecule has 20 heavy (non-hydrogen) atoms. The Hall–Kier alpha value is -1.68. The molecule has 0 saturated carbocycles. The smallest absolute Gasteiger partial charge is 0.124 e. The standard InChI is InChI=1S/C16H18BrNO2/c1-11-9-12(2)16(10-15(11)18)20-8-7-19-14-5-3-13(17)4-6-14/h3-6,9-10H,7-8,18H2,1-2H3. The molecular weight excluding hydrogens is 318 g/mol. The number of hydrogen-bond donors (Lipinski definition) is 1. The van der Waals surface area contributed by atoms with Crippen LogP contribution in [0.3, 0.4) is 0 Å². The summed E-state index contributed by atoms with van der Waals surface area (Å²) in [4.78, 5) is 0. The fourth-order valence-corrected chi connectivity index (χ4v) is 2.11. The van der Waals surface area contributed by atoms with E-state index in [1.54, 1.807) is 0 Å². The Morgan fingerprint density at radius 2 is 1.60 bits per heavy atom. The summed E-state index contributed by atoms with van der Waals surface area (Å²) in [6, 6.07) is 11.6. The van der Waals surface area contributed by atoms with Gasteiger partial charge < -0.3 is 15.2 Å². The summed E-state index contributed by atoms with van der Waals surface area (Å²) in [7, 11) is 0. The average molecular weight is 336 g/mol. The second-order valence-electron chi connectivity index (χ2n) is 4.63. The number of benzene rings is 2. The second-order valence-corrected chi connectivity index (χ2v) is 5.54. The fourth-order valence-electron chi connectivity index (χ4n) is 1.85. The van der Waals surface area contributed by atoms with E-state index in [2.05, 4.69) is 15.9 Å². The third kappa shape index (κ3) is 3.90. The van der Waals surface area contributed by atoms with Crippen LogP contribution < -0.4 is 15.2 Å². The summed E-state index contributed by atoms with van der Waals surface area (Å²) in [6.07, 6.45) is 0. The molecule has 0 unspecified atom stereocenters. The van der Waals surface area contributed by atoms with Gasteiger partial charge in [-0.1, -0.05) is 22.0 Å². The van der Waals surface area contributed by atoms with Crippen molar-refractivity contribution in [2.75, 3.05) is 18.9 Å². The van der Waals surface area contributed by atoms with Crippen molar-refractivity contribution < 1.29 is 9.47 Å². The maximum atomic E-state index is 5.88. The lowest BCUT2D eigenvalue weighted by Crippen LogP contribution is -2.10. The minimum absolute atomic E-state index is 0.486. The highest BCUT2D eigenvalue weighted by Crippen LogP contribution is 2.24. The maximum absolute atomic E-state index is 5.88. The first-order valence-corrected chi connectivity index (χ1v) is 7.23. The van der Waals surface area contributed by atoms with Crippen molar-refractivity contribution in [1.29, 1.82) is 0 Å². The molecule has 106 valence electrons. The van der Waals surface area contributed by atoms with Crippen LogP contribution in [-0.2, 0) is 0 Å². The lowest BCUT2D eigenvalue weighted by Gasteiger charge is -2.12. The quantitative estimate of drug-likeness (QED) is 0.660. The van der Waals surface area contributed by atoms with Gasteiger partial charge in [-0.3, -0.25) is 0 Å². The Morgan fingerprint density at radius 3 is 2.30 bits per heavy atom. The molecule has 2 rings (SSSR count). The molecule has 0 atom stereocenters. The van der Waals surface area contributed by atoms with Gasteiger partial charge in [0, 0.05) is 16.2 Å². The number of rotatable bonds is 5. The molecule has 0 amide bonds. The summed E-state index contributed by atoms with van der Waals surface area (Å²) in [5.74, 6) is 1.64. The molecule has 3 nitrogen and oxygen atoms in total. The molecule has 0 spiro atoms. The van der Waals surface area contributed by atoms with Crippen LogP contribution >= 0.6 is 15.9 Å². The van der Waals surface area contributed by atoms with Gasteiger partial charge in [-0.15, -0.1) is 0 Å². The minimum atomic E-state index is 0.486. The molecule has 0 heterocycles. The minimum Gasteiger partial charge on any atom is -0.490 e. The monoisotopic (exact) mass is 335 g/mol. The van der Waals surface area contributed by atoms with E-state index in [9.17, 15) is 0 Å². The van der Waals surface area contributed by atoms with Crippen LogP contribution in [0.4, 0.5) is 5.69 Å². The Morgan fingerprint density at radius 1 is 0.950 bits per heavy atom. The van der Waals surface area contributed by atoms with E-state index >= 15 is 0 Å². The molecule has 0 aliphatic carbocycles. The van der Waals surface area contributed by atoms with E-state index in [1.807, 2.05) is 50.2 Å². The lowest BCUT2D eigenvalue weighted by molar-refractivity contribution is 0.216. The van der Waals surface area contributed by atoms with Crippen molar-refractivity contribution >= 4 is 21.6 Å². The van der Waals surface area contributed by atoms with Gasteiger partial charge in [-0.2, -0.15) is 0 Å². The van der Waals surface area contributed by atoms with Gasteiger partial charge in [0.05, 0.1) is 0 Å². The molecule has 4 heteroatoms. The lowest BCUT2D eigenvalue weighted by atomic mass is 10.1. The number of hydrogen-bond acceptors (Lipinski definition) is 3. The van der Waals surface area contributed by atoms with Crippen molar-refractivity contribution in [3.05, 3.63) is 52.0 Å². The first-order chi connectivity index (χ1) is 9.56. The molecule has 0 aliphatic heterocycles. The molecule has 0 radical (unpaired) electrons. The van der Waals surface area contributed by atoms with Crippen LogP contribution in [0.2, 0.25) is 0 Å². The molecule has 0 bridgehead atoms. The van der Waals surface area contributed by atoms with Crippen LogP contribution in [0.5, 0.6) is 11.5 Å². The topological polar surface area (TPSA) is 44.5 Å². The first-order valence-electron chi connectivity index (χ1n) is 6.44. The molecule has 0 aliphatic rings. The van der Waals surface area contributed by atoms with Crippen molar-refractivity contribution in [1.82, 2.24) is 0 Å². The zero-order chi connectivity index (χ0) is 14.5. The molecule has 0 aromatic heterocycles. The molecule has 0 fully saturated rings. The molecular formula is C16H18BrNO2. The summed E-state index contributed by atoms with van der Waals surface area (Å²) in [5.41, 5.74) is 8.79. The second kappa shape index (κ2) is 6.66. The fraction of sp³-hybridized carbons (Fsp3) is 0.250. The van der Waals surface area contributed by atoms with Crippen LogP contribution in [-0.4, -0.2) is 13.2 Å². The number of nitrogens with two attached hydrogens (primary N) is 1. The van der Waals surface area contributed by atoms with Gasteiger partial charge in [0.15, 0.2) is 0 Å². The number of anilines is 1. The zero-order valence-corrected chi connectivity index (χ0v) is 13.2. The van der Waals surface area contributed by atoms with E-state index in [-0.39, 0.29) is 0 Å². The van der Waals surface area contributed by atoms with E-state index in [4.69, 9.17) is 15.2 Å². The van der Waals surface area contributed by atoms with Crippen LogP contribution in [0.1, 0.15) is 11.1 Å². The Labute approximate surface area is 127 Å². The van der Waals surface area contributed by atoms with Crippen molar-refractivity contribution in [2.24, 2.45) is 0 Å². The average Bonchev–Trinajstić information content (AvgIpc) is 2.42. The normalized spacial score (nSPS) is 10.3. The van der Waals surface area contributed by atoms with E-state index in [1.165, 1.54) is 0 Å². The third-order valence-corrected chi connectivity index (χ3v) is 3.52. The SMILES string of the molecule is Cc1cc(C)c(OCCOc2ccc(Br)cc2)cc1N. The van der Waals surface area contributed by atoms with E-state index in [0.29, 0.717) is 13.2 Å². The van der Waals surface area contributed by atoms with Gasteiger partial charge in [-0.05, 0) is 49.2 Å². The summed E-state index contributed by atoms with van der Waals surface area (Å²) in [6.45, 7) is 4.98. The maximum Gasteiger partial charge on any atom is 0.124 e. The van der Waals surface area contributed by atoms with Crippen LogP contribution in [0.15, 0.2) is 40.9 Å². The van der Waals surface area contributed by atoms with Crippen LogP contribution in [0.25, 0.3) is 0 Å². The van der Waals surface area contributed by atoms with Crippen molar-refractivity contribution in [3.63, 3.8) is 0 Å². The van der Waals surface area contributed by atoms with Crippen molar-refractivity contribution in [2.45, 2.75) is 13.8 Å². The largest absolute Gasteiger partial charge is 0.490 e. The summed E-state index contributed by atoms with van der Waals surface area (Å²) >= 11 is 3.39. The molecule has 0 saturated heterocycles. The highest BCUT2D eigenvalue weighted by Gasteiger charge is 2.03. The number of ether oxygens (including phenoxy) is 2. The van der Waals surface area contributed by atoms with Gasteiger partial charge >= 0.3 is 0 Å². The predicted molar refractivity (Wildman–Crippen MR) is 85.5 cm³/mol. The molecule has 2 aromatic rings.